The van der Waals surface area contributed by atoms with Gasteiger partial charge in [-0.2, -0.15) is 11.8 Å². The number of thioether (sulfide) groups is 1. The van der Waals surface area contributed by atoms with E-state index in [-0.39, 0.29) is 0 Å². The number of hydrogen-bond donors (Lipinski definition) is 2. The Morgan fingerprint density at radius 2 is 2.42 bits per heavy atom. The van der Waals surface area contributed by atoms with Crippen molar-refractivity contribution < 1.29 is 0 Å². The lowest BCUT2D eigenvalue weighted by Crippen LogP contribution is -2.42. The van der Waals surface area contributed by atoms with Crippen LogP contribution in [0.1, 0.15) is 29.8 Å². The predicted octanol–water partition coefficient (Wildman–Crippen LogP) is 2.40. The zero-order chi connectivity index (χ0) is 13.7. The van der Waals surface area contributed by atoms with Crippen molar-refractivity contribution in [1.29, 1.82) is 0 Å². The number of aromatic nitrogens is 1. The highest BCUT2D eigenvalue weighted by molar-refractivity contribution is 7.99. The predicted molar refractivity (Wildman–Crippen MR) is 85.1 cm³/mol. The quantitative estimate of drug-likeness (QED) is 0.662. The molecule has 6 heteroatoms. The van der Waals surface area contributed by atoms with Crippen molar-refractivity contribution in [3.05, 3.63) is 16.1 Å². The van der Waals surface area contributed by atoms with Gasteiger partial charge in [0.1, 0.15) is 0 Å². The van der Waals surface area contributed by atoms with Crippen LogP contribution in [-0.4, -0.2) is 35.5 Å². The summed E-state index contributed by atoms with van der Waals surface area (Å²) in [6, 6.07) is 0.561. The summed E-state index contributed by atoms with van der Waals surface area (Å²) >= 11 is 3.67. The van der Waals surface area contributed by atoms with E-state index in [1.165, 1.54) is 24.1 Å². The smallest absolute Gasteiger partial charge is 0.191 e. The fourth-order valence-corrected chi connectivity index (χ4v) is 3.85. The van der Waals surface area contributed by atoms with E-state index in [1.54, 1.807) is 11.3 Å². The Kier molecular flexibility index (Phi) is 5.51. The van der Waals surface area contributed by atoms with E-state index in [4.69, 9.17) is 0 Å². The minimum atomic E-state index is 0.561. The molecule has 0 amide bonds. The summed E-state index contributed by atoms with van der Waals surface area (Å²) < 4.78 is 0. The Morgan fingerprint density at radius 3 is 3.00 bits per heavy atom. The molecule has 19 heavy (non-hydrogen) atoms. The fourth-order valence-electron chi connectivity index (χ4n) is 2.33. The molecule has 2 unspecified atom stereocenters. The molecule has 0 radical (unpaired) electrons. The van der Waals surface area contributed by atoms with Gasteiger partial charge in [0, 0.05) is 23.2 Å². The SMILES string of the molecule is CN=C(NCc1scnc1C)NC1CCC(SC)C1. The van der Waals surface area contributed by atoms with Crippen molar-refractivity contribution in [3.8, 4) is 0 Å². The van der Waals surface area contributed by atoms with E-state index in [0.717, 1.165) is 23.4 Å². The third-order valence-corrected chi connectivity index (χ3v) is 5.57. The number of aryl methyl sites for hydroxylation is 1. The average molecular weight is 298 g/mol. The van der Waals surface area contributed by atoms with Crippen LogP contribution in [0.4, 0.5) is 0 Å². The number of aliphatic imine (C=N–C) groups is 1. The van der Waals surface area contributed by atoms with Gasteiger partial charge in [0.15, 0.2) is 5.96 Å². The molecule has 0 spiro atoms. The van der Waals surface area contributed by atoms with Crippen LogP contribution in [0.5, 0.6) is 0 Å². The standard InChI is InChI=1S/C13H22N4S2/c1-9-12(19-8-16-9)7-15-13(14-2)17-10-4-5-11(6-10)18-3/h8,10-11H,4-7H2,1-3H3,(H2,14,15,17). The normalized spacial score (nSPS) is 23.6. The average Bonchev–Trinajstić information content (AvgIpc) is 3.03. The molecule has 1 heterocycles. The van der Waals surface area contributed by atoms with Gasteiger partial charge in [-0.25, -0.2) is 4.98 Å². The van der Waals surface area contributed by atoms with E-state index in [2.05, 4.69) is 26.9 Å². The van der Waals surface area contributed by atoms with Gasteiger partial charge in [0.2, 0.25) is 0 Å². The second-order valence-corrected chi connectivity index (χ2v) is 6.88. The molecule has 0 aliphatic heterocycles. The van der Waals surface area contributed by atoms with E-state index < -0.39 is 0 Å². The molecule has 1 aliphatic rings. The number of nitrogens with one attached hydrogen (secondary N) is 2. The third kappa shape index (κ3) is 4.11. The Hall–Kier alpha value is -0.750. The first kappa shape index (κ1) is 14.7. The zero-order valence-electron chi connectivity index (χ0n) is 11.8. The fraction of sp³-hybridized carbons (Fsp3) is 0.692. The van der Waals surface area contributed by atoms with Crippen LogP contribution in [0.3, 0.4) is 0 Å². The summed E-state index contributed by atoms with van der Waals surface area (Å²) in [5, 5.41) is 7.70. The summed E-state index contributed by atoms with van der Waals surface area (Å²) in [6.45, 7) is 2.85. The Bertz CT molecular complexity index is 430. The van der Waals surface area contributed by atoms with Crippen molar-refractivity contribution in [2.45, 2.75) is 44.0 Å². The first-order chi connectivity index (χ1) is 9.22. The van der Waals surface area contributed by atoms with E-state index in [0.29, 0.717) is 6.04 Å². The molecule has 0 saturated heterocycles. The molecular formula is C13H22N4S2. The molecule has 1 aromatic heterocycles. The molecular weight excluding hydrogens is 276 g/mol. The lowest BCUT2D eigenvalue weighted by atomic mass is 10.2. The van der Waals surface area contributed by atoms with Crippen molar-refractivity contribution in [1.82, 2.24) is 15.6 Å². The second-order valence-electron chi connectivity index (χ2n) is 4.80. The highest BCUT2D eigenvalue weighted by Gasteiger charge is 2.24. The van der Waals surface area contributed by atoms with E-state index in [1.807, 2.05) is 31.2 Å². The highest BCUT2D eigenvalue weighted by atomic mass is 32.2. The Balaban J connectivity index is 1.80. The van der Waals surface area contributed by atoms with E-state index >= 15 is 0 Å². The van der Waals surface area contributed by atoms with Gasteiger partial charge in [-0.3, -0.25) is 4.99 Å². The lowest BCUT2D eigenvalue weighted by Gasteiger charge is -2.17. The molecule has 1 fully saturated rings. The molecule has 1 saturated carbocycles. The summed E-state index contributed by atoms with van der Waals surface area (Å²) in [5.74, 6) is 0.902. The number of rotatable bonds is 4. The first-order valence-electron chi connectivity index (χ1n) is 6.62. The molecule has 2 atom stereocenters. The summed E-state index contributed by atoms with van der Waals surface area (Å²) in [4.78, 5) is 9.84. The number of hydrogen-bond acceptors (Lipinski definition) is 4. The van der Waals surface area contributed by atoms with Crippen molar-refractivity contribution in [2.24, 2.45) is 4.99 Å². The van der Waals surface area contributed by atoms with Gasteiger partial charge < -0.3 is 10.6 Å². The van der Waals surface area contributed by atoms with Gasteiger partial charge in [0.05, 0.1) is 17.7 Å². The molecule has 2 rings (SSSR count). The summed E-state index contributed by atoms with van der Waals surface area (Å²) in [7, 11) is 1.83. The molecule has 1 aliphatic carbocycles. The minimum absolute atomic E-state index is 0.561. The minimum Gasteiger partial charge on any atom is -0.354 e. The van der Waals surface area contributed by atoms with Gasteiger partial charge in [0.25, 0.3) is 0 Å². The topological polar surface area (TPSA) is 49.3 Å². The Morgan fingerprint density at radius 1 is 1.58 bits per heavy atom. The van der Waals surface area contributed by atoms with Crippen molar-refractivity contribution in [2.75, 3.05) is 13.3 Å². The third-order valence-electron chi connectivity index (χ3n) is 3.54. The summed E-state index contributed by atoms with van der Waals surface area (Å²) in [5.41, 5.74) is 3.00. The number of thiazole rings is 1. The van der Waals surface area contributed by atoms with Gasteiger partial charge >= 0.3 is 0 Å². The van der Waals surface area contributed by atoms with Crippen LogP contribution in [-0.2, 0) is 6.54 Å². The maximum absolute atomic E-state index is 4.30. The summed E-state index contributed by atoms with van der Waals surface area (Å²) in [6.07, 6.45) is 5.99. The monoisotopic (exact) mass is 298 g/mol. The molecule has 106 valence electrons. The van der Waals surface area contributed by atoms with Gasteiger partial charge in [-0.05, 0) is 32.4 Å². The van der Waals surface area contributed by atoms with Gasteiger partial charge in [-0.15, -0.1) is 11.3 Å². The van der Waals surface area contributed by atoms with Crippen LogP contribution in [0.2, 0.25) is 0 Å². The molecule has 4 nitrogen and oxygen atoms in total. The number of guanidine groups is 1. The van der Waals surface area contributed by atoms with E-state index in [9.17, 15) is 0 Å². The van der Waals surface area contributed by atoms with Crippen molar-refractivity contribution in [3.63, 3.8) is 0 Å². The highest BCUT2D eigenvalue weighted by Crippen LogP contribution is 2.28. The maximum Gasteiger partial charge on any atom is 0.191 e. The number of nitrogens with zero attached hydrogens (tertiary/aromatic N) is 2. The van der Waals surface area contributed by atoms with Crippen molar-refractivity contribution >= 4 is 29.1 Å². The Labute approximate surface area is 123 Å². The van der Waals surface area contributed by atoms with Crippen LogP contribution < -0.4 is 10.6 Å². The van der Waals surface area contributed by atoms with Crippen LogP contribution in [0.15, 0.2) is 10.5 Å². The molecule has 0 bridgehead atoms. The van der Waals surface area contributed by atoms with Crippen LogP contribution in [0, 0.1) is 6.92 Å². The molecule has 1 aromatic rings. The van der Waals surface area contributed by atoms with Gasteiger partial charge in [-0.1, -0.05) is 0 Å². The lowest BCUT2D eigenvalue weighted by molar-refractivity contribution is 0.615. The molecule has 0 aromatic carbocycles. The second kappa shape index (κ2) is 7.14. The first-order valence-corrected chi connectivity index (χ1v) is 8.78. The molecule has 2 N–H and O–H groups in total. The largest absolute Gasteiger partial charge is 0.354 e. The van der Waals surface area contributed by atoms with Crippen LogP contribution >= 0.6 is 23.1 Å². The van der Waals surface area contributed by atoms with Crippen LogP contribution in [0.25, 0.3) is 0 Å². The maximum atomic E-state index is 4.30. The zero-order valence-corrected chi connectivity index (χ0v) is 13.4.